The van der Waals surface area contributed by atoms with Crippen LogP contribution in [-0.4, -0.2) is 28.4 Å². The fourth-order valence-corrected chi connectivity index (χ4v) is 4.13. The highest BCUT2D eigenvalue weighted by atomic mass is 32.1. The summed E-state index contributed by atoms with van der Waals surface area (Å²) >= 11 is 5.11. The van der Waals surface area contributed by atoms with Crippen LogP contribution in [0.1, 0.15) is 51.4 Å². The second kappa shape index (κ2) is 4.48. The lowest BCUT2D eigenvalue weighted by atomic mass is 9.94. The van der Waals surface area contributed by atoms with Crippen molar-refractivity contribution in [3.05, 3.63) is 0 Å². The van der Waals surface area contributed by atoms with Crippen LogP contribution in [0.3, 0.4) is 0 Å². The topological polar surface area (TPSA) is 46.3 Å². The Morgan fingerprint density at radius 2 is 1.83 bits per heavy atom. The van der Waals surface area contributed by atoms with Gasteiger partial charge in [-0.3, -0.25) is 4.79 Å². The summed E-state index contributed by atoms with van der Waals surface area (Å²) in [5.74, 6) is 0.975. The Morgan fingerprint density at radius 1 is 1.17 bits per heavy atom. The largest absolute Gasteiger partial charge is 0.392 e. The predicted molar refractivity (Wildman–Crippen MR) is 75.1 cm³/mol. The third-order valence-electron chi connectivity index (χ3n) is 5.14. The van der Waals surface area contributed by atoms with E-state index in [0.717, 1.165) is 31.7 Å². The fraction of sp³-hybridized carbons (Fsp3) is 0.857. The maximum atomic E-state index is 12.7. The van der Waals surface area contributed by atoms with Crippen molar-refractivity contribution in [2.75, 3.05) is 6.54 Å². The summed E-state index contributed by atoms with van der Waals surface area (Å²) in [5, 5.41) is 0. The summed E-state index contributed by atoms with van der Waals surface area (Å²) in [6.45, 7) is 0.921. The first-order chi connectivity index (χ1) is 8.65. The summed E-state index contributed by atoms with van der Waals surface area (Å²) < 4.78 is 0. The van der Waals surface area contributed by atoms with Gasteiger partial charge in [0.15, 0.2) is 0 Å². The van der Waals surface area contributed by atoms with Crippen molar-refractivity contribution in [1.82, 2.24) is 4.90 Å². The molecule has 1 aliphatic heterocycles. The Balaban J connectivity index is 1.74. The standard InChI is InChI=1S/C14H22N2OS/c15-12(18)14(7-8-14)13(17)16-9-3-6-11(16)10-4-1-2-5-10/h10-11H,1-9H2,(H2,15,18). The first kappa shape index (κ1) is 12.4. The molecule has 1 atom stereocenters. The lowest BCUT2D eigenvalue weighted by Crippen LogP contribution is -2.46. The summed E-state index contributed by atoms with van der Waals surface area (Å²) in [4.78, 5) is 15.2. The summed E-state index contributed by atoms with van der Waals surface area (Å²) in [5.41, 5.74) is 5.34. The molecule has 1 heterocycles. The Kier molecular flexibility index (Phi) is 3.08. The molecule has 3 rings (SSSR count). The van der Waals surface area contributed by atoms with Gasteiger partial charge in [0, 0.05) is 12.6 Å². The number of rotatable bonds is 3. The van der Waals surface area contributed by atoms with E-state index in [2.05, 4.69) is 4.90 Å². The van der Waals surface area contributed by atoms with E-state index < -0.39 is 5.41 Å². The van der Waals surface area contributed by atoms with E-state index in [1.807, 2.05) is 0 Å². The van der Waals surface area contributed by atoms with Crippen LogP contribution in [0.25, 0.3) is 0 Å². The van der Waals surface area contributed by atoms with Crippen LogP contribution in [0.5, 0.6) is 0 Å². The lowest BCUT2D eigenvalue weighted by Gasteiger charge is -2.32. The molecule has 2 aliphatic carbocycles. The number of amides is 1. The van der Waals surface area contributed by atoms with E-state index in [9.17, 15) is 4.79 Å². The number of likely N-dealkylation sites (tertiary alicyclic amines) is 1. The van der Waals surface area contributed by atoms with Crippen molar-refractivity contribution < 1.29 is 4.79 Å². The molecule has 1 unspecified atom stereocenters. The van der Waals surface area contributed by atoms with Gasteiger partial charge in [-0.2, -0.15) is 0 Å². The maximum Gasteiger partial charge on any atom is 0.235 e. The van der Waals surface area contributed by atoms with Crippen molar-refractivity contribution in [2.45, 2.75) is 57.4 Å². The molecule has 1 amide bonds. The number of carbonyl (C=O) groups is 1. The SMILES string of the molecule is NC(=S)C1(C(=O)N2CCCC2C2CCCC2)CC1. The van der Waals surface area contributed by atoms with Gasteiger partial charge in [-0.15, -0.1) is 0 Å². The van der Waals surface area contributed by atoms with E-state index in [4.69, 9.17) is 18.0 Å². The molecule has 2 N–H and O–H groups in total. The molecule has 0 aromatic carbocycles. The zero-order valence-corrected chi connectivity index (χ0v) is 11.7. The van der Waals surface area contributed by atoms with E-state index in [-0.39, 0.29) is 5.91 Å². The molecular formula is C14H22N2OS. The minimum Gasteiger partial charge on any atom is -0.392 e. The molecule has 0 radical (unpaired) electrons. The lowest BCUT2D eigenvalue weighted by molar-refractivity contribution is -0.136. The number of hydrogen-bond acceptors (Lipinski definition) is 2. The van der Waals surface area contributed by atoms with Gasteiger partial charge >= 0.3 is 0 Å². The van der Waals surface area contributed by atoms with E-state index in [0.29, 0.717) is 11.0 Å². The third kappa shape index (κ3) is 1.85. The summed E-state index contributed by atoms with van der Waals surface area (Å²) in [6, 6.07) is 0.479. The number of nitrogens with two attached hydrogens (primary N) is 1. The zero-order chi connectivity index (χ0) is 12.8. The first-order valence-corrected chi connectivity index (χ1v) is 7.67. The van der Waals surface area contributed by atoms with Gasteiger partial charge in [-0.1, -0.05) is 25.1 Å². The van der Waals surface area contributed by atoms with Crippen LogP contribution < -0.4 is 5.73 Å². The predicted octanol–water partition coefficient (Wildman–Crippen LogP) is 2.23. The highest BCUT2D eigenvalue weighted by Crippen LogP contribution is 2.49. The molecule has 3 nitrogen and oxygen atoms in total. The van der Waals surface area contributed by atoms with Crippen LogP contribution in [0, 0.1) is 11.3 Å². The number of carbonyl (C=O) groups excluding carboxylic acids is 1. The smallest absolute Gasteiger partial charge is 0.235 e. The second-order valence-corrected chi connectivity index (χ2v) is 6.64. The monoisotopic (exact) mass is 266 g/mol. The van der Waals surface area contributed by atoms with Crippen molar-refractivity contribution in [3.63, 3.8) is 0 Å². The Morgan fingerprint density at radius 3 is 2.39 bits per heavy atom. The minimum absolute atomic E-state index is 0.240. The van der Waals surface area contributed by atoms with Crippen LogP contribution in [0.4, 0.5) is 0 Å². The quantitative estimate of drug-likeness (QED) is 0.797. The molecule has 3 aliphatic rings. The Labute approximate surface area is 114 Å². The average molecular weight is 266 g/mol. The molecule has 2 saturated carbocycles. The van der Waals surface area contributed by atoms with Crippen molar-refractivity contribution >= 4 is 23.1 Å². The van der Waals surface area contributed by atoms with Gasteiger partial charge in [0.2, 0.25) is 5.91 Å². The van der Waals surface area contributed by atoms with E-state index in [1.165, 1.54) is 32.1 Å². The summed E-state index contributed by atoms with van der Waals surface area (Å²) in [6.07, 6.45) is 9.35. The molecule has 18 heavy (non-hydrogen) atoms. The van der Waals surface area contributed by atoms with E-state index in [1.54, 1.807) is 0 Å². The molecule has 1 saturated heterocycles. The number of nitrogens with zero attached hydrogens (tertiary/aromatic N) is 1. The van der Waals surface area contributed by atoms with E-state index >= 15 is 0 Å². The van der Waals surface area contributed by atoms with Crippen LogP contribution in [0.2, 0.25) is 0 Å². The number of hydrogen-bond donors (Lipinski definition) is 1. The number of thiocarbonyl (C=S) groups is 1. The van der Waals surface area contributed by atoms with Crippen molar-refractivity contribution in [3.8, 4) is 0 Å². The first-order valence-electron chi connectivity index (χ1n) is 7.26. The van der Waals surface area contributed by atoms with Gasteiger partial charge in [0.25, 0.3) is 0 Å². The minimum atomic E-state index is -0.448. The maximum absolute atomic E-state index is 12.7. The molecule has 4 heteroatoms. The van der Waals surface area contributed by atoms with Crippen LogP contribution >= 0.6 is 12.2 Å². The molecule has 0 bridgehead atoms. The molecule has 100 valence electrons. The fourth-order valence-electron chi connectivity index (χ4n) is 3.84. The highest BCUT2D eigenvalue weighted by molar-refractivity contribution is 7.80. The van der Waals surface area contributed by atoms with Crippen LogP contribution in [-0.2, 0) is 4.79 Å². The van der Waals surface area contributed by atoms with Crippen LogP contribution in [0.15, 0.2) is 0 Å². The average Bonchev–Trinajstić information content (AvgIpc) is 2.79. The van der Waals surface area contributed by atoms with Gasteiger partial charge in [0.1, 0.15) is 0 Å². The van der Waals surface area contributed by atoms with Gasteiger partial charge in [-0.25, -0.2) is 0 Å². The molecule has 3 fully saturated rings. The molecule has 0 spiro atoms. The van der Waals surface area contributed by atoms with Crippen molar-refractivity contribution in [1.29, 1.82) is 0 Å². The van der Waals surface area contributed by atoms with Crippen molar-refractivity contribution in [2.24, 2.45) is 17.1 Å². The normalized spacial score (nSPS) is 30.7. The van der Waals surface area contributed by atoms with Gasteiger partial charge in [0.05, 0.1) is 10.4 Å². The third-order valence-corrected chi connectivity index (χ3v) is 5.53. The summed E-state index contributed by atoms with van der Waals surface area (Å²) in [7, 11) is 0. The molecular weight excluding hydrogens is 244 g/mol. The Bertz CT molecular complexity index is 372. The zero-order valence-electron chi connectivity index (χ0n) is 10.9. The molecule has 0 aromatic rings. The van der Waals surface area contributed by atoms with Gasteiger partial charge < -0.3 is 10.6 Å². The molecule has 0 aromatic heterocycles. The second-order valence-electron chi connectivity index (χ2n) is 6.20. The van der Waals surface area contributed by atoms with Gasteiger partial charge in [-0.05, 0) is 44.4 Å². The highest BCUT2D eigenvalue weighted by Gasteiger charge is 2.56. The Hall–Kier alpha value is -0.640.